The topological polar surface area (TPSA) is 66.9 Å². The molecule has 6 radical (unpaired) electrons. The number of carbonyl (C=O) groups excluding carboxylic acids is 1. The summed E-state index contributed by atoms with van der Waals surface area (Å²) in [5, 5.41) is 5.42. The summed E-state index contributed by atoms with van der Waals surface area (Å²) in [5.74, 6) is 1.02. The van der Waals surface area contributed by atoms with Crippen molar-refractivity contribution in [2.75, 3.05) is 10.6 Å². The molecule has 1 saturated carbocycles. The number of fused-ring (bicyclic) bond motifs is 1. The molecule has 0 saturated heterocycles. The molecular formula is C13H10B3BrN4O. The highest BCUT2D eigenvalue weighted by Gasteiger charge is 2.29. The number of hydrogen-bond donors (Lipinski definition) is 2. The second-order valence-electron chi connectivity index (χ2n) is 5.39. The van der Waals surface area contributed by atoms with Gasteiger partial charge in [-0.3, -0.25) is 4.79 Å². The van der Waals surface area contributed by atoms with Crippen molar-refractivity contribution in [3.8, 4) is 0 Å². The average molecular weight is 351 g/mol. The van der Waals surface area contributed by atoms with Gasteiger partial charge in [-0.25, -0.2) is 9.97 Å². The lowest BCUT2D eigenvalue weighted by Crippen LogP contribution is -2.40. The number of nitrogens with zero attached hydrogens (tertiary/aromatic N) is 2. The number of anilines is 2. The van der Waals surface area contributed by atoms with Crippen LogP contribution in [0.25, 0.3) is 10.8 Å². The highest BCUT2D eigenvalue weighted by Crippen LogP contribution is 2.32. The molecule has 1 aliphatic carbocycles. The zero-order chi connectivity index (χ0) is 15.9. The monoisotopic (exact) mass is 350 g/mol. The van der Waals surface area contributed by atoms with Gasteiger partial charge in [0.15, 0.2) is 0 Å². The minimum atomic E-state index is -1.59. The first-order valence-corrected chi connectivity index (χ1v) is 7.53. The van der Waals surface area contributed by atoms with Crippen LogP contribution in [-0.4, -0.2) is 44.7 Å². The third-order valence-corrected chi connectivity index (χ3v) is 3.89. The van der Waals surface area contributed by atoms with Gasteiger partial charge in [0, 0.05) is 33.6 Å². The number of hydrogen-bond acceptors (Lipinski definition) is 4. The molecule has 0 aromatic carbocycles. The predicted octanol–water partition coefficient (Wildman–Crippen LogP) is 1.27. The minimum absolute atomic E-state index is 0.000249. The van der Waals surface area contributed by atoms with Crippen LogP contribution in [0.1, 0.15) is 12.8 Å². The summed E-state index contributed by atoms with van der Waals surface area (Å²) in [7, 11) is 16.6. The quantitative estimate of drug-likeness (QED) is 0.815. The van der Waals surface area contributed by atoms with Gasteiger partial charge in [-0.15, -0.1) is 0 Å². The highest BCUT2D eigenvalue weighted by molar-refractivity contribution is 9.10. The Bertz CT molecular complexity index is 746. The molecule has 2 heterocycles. The van der Waals surface area contributed by atoms with Gasteiger partial charge in [-0.1, -0.05) is 5.24 Å². The molecule has 1 aliphatic rings. The molecule has 0 atom stereocenters. The Labute approximate surface area is 140 Å². The van der Waals surface area contributed by atoms with E-state index in [1.165, 1.54) is 0 Å². The smallest absolute Gasteiger partial charge is 0.228 e. The van der Waals surface area contributed by atoms with Gasteiger partial charge >= 0.3 is 0 Å². The molecule has 0 bridgehead atoms. The molecule has 22 heavy (non-hydrogen) atoms. The van der Waals surface area contributed by atoms with Gasteiger partial charge in [-0.05, 0) is 34.8 Å². The molecule has 104 valence electrons. The fraction of sp³-hybridized carbons (Fsp3) is 0.308. The summed E-state index contributed by atoms with van der Waals surface area (Å²) in [6, 6.07) is 1.76. The van der Waals surface area contributed by atoms with Crippen LogP contribution in [0, 0.1) is 5.92 Å². The largest absolute Gasteiger partial charge is 0.389 e. The first-order valence-electron chi connectivity index (χ1n) is 6.73. The average Bonchev–Trinajstić information content (AvgIpc) is 3.25. The molecule has 0 aliphatic heterocycles. The maximum atomic E-state index is 11.8. The maximum Gasteiger partial charge on any atom is 0.228 e. The van der Waals surface area contributed by atoms with E-state index in [9.17, 15) is 4.79 Å². The van der Waals surface area contributed by atoms with Crippen molar-refractivity contribution >= 4 is 67.8 Å². The van der Waals surface area contributed by atoms with Gasteiger partial charge in [-0.2, -0.15) is 0 Å². The molecule has 2 aromatic heterocycles. The molecule has 2 N–H and O–H groups in total. The van der Waals surface area contributed by atoms with Crippen molar-refractivity contribution in [2.45, 2.75) is 18.1 Å². The lowest BCUT2D eigenvalue weighted by Gasteiger charge is -2.24. The van der Waals surface area contributed by atoms with Gasteiger partial charge in [0.2, 0.25) is 5.91 Å². The number of aromatic nitrogens is 2. The van der Waals surface area contributed by atoms with E-state index >= 15 is 0 Å². The summed E-state index contributed by atoms with van der Waals surface area (Å²) in [6.45, 7) is 0. The summed E-state index contributed by atoms with van der Waals surface area (Å²) >= 11 is 3.43. The Morgan fingerprint density at radius 2 is 1.95 bits per heavy atom. The van der Waals surface area contributed by atoms with E-state index in [-0.39, 0.29) is 11.8 Å². The minimum Gasteiger partial charge on any atom is -0.389 e. The molecule has 1 amide bonds. The first-order chi connectivity index (χ1) is 10.3. The maximum absolute atomic E-state index is 11.8. The van der Waals surface area contributed by atoms with E-state index in [4.69, 9.17) is 23.5 Å². The van der Waals surface area contributed by atoms with E-state index in [1.54, 1.807) is 18.5 Å². The molecule has 9 heteroatoms. The van der Waals surface area contributed by atoms with Crippen molar-refractivity contribution in [2.24, 2.45) is 5.92 Å². The van der Waals surface area contributed by atoms with Crippen molar-refractivity contribution in [1.29, 1.82) is 0 Å². The summed E-state index contributed by atoms with van der Waals surface area (Å²) in [4.78, 5) is 20.2. The predicted molar refractivity (Wildman–Crippen MR) is 92.2 cm³/mol. The first kappa shape index (κ1) is 15.4. The Balaban J connectivity index is 1.96. The highest BCUT2D eigenvalue weighted by atomic mass is 79.9. The van der Waals surface area contributed by atoms with Gasteiger partial charge < -0.3 is 10.6 Å². The van der Waals surface area contributed by atoms with Gasteiger partial charge in [0.05, 0.1) is 23.5 Å². The van der Waals surface area contributed by atoms with Crippen LogP contribution in [-0.2, 0) is 4.79 Å². The van der Waals surface area contributed by atoms with Crippen LogP contribution in [0.4, 0.5) is 11.6 Å². The number of pyridine rings is 2. The normalized spacial score (nSPS) is 14.8. The number of halogens is 1. The number of carbonyl (C=O) groups is 1. The summed E-state index contributed by atoms with van der Waals surface area (Å²) in [5.41, 5.74) is 0. The van der Waals surface area contributed by atoms with Gasteiger partial charge in [0.1, 0.15) is 11.6 Å². The van der Waals surface area contributed by atoms with Crippen LogP contribution in [0.2, 0.25) is 0 Å². The Kier molecular flexibility index (Phi) is 3.93. The van der Waals surface area contributed by atoms with Crippen molar-refractivity contribution in [3.63, 3.8) is 0 Å². The van der Waals surface area contributed by atoms with Crippen LogP contribution < -0.4 is 10.6 Å². The van der Waals surface area contributed by atoms with Crippen LogP contribution >= 0.6 is 15.9 Å². The molecule has 0 unspecified atom stereocenters. The van der Waals surface area contributed by atoms with Crippen molar-refractivity contribution in [3.05, 3.63) is 22.9 Å². The zero-order valence-electron chi connectivity index (χ0n) is 11.6. The van der Waals surface area contributed by atoms with E-state index < -0.39 is 5.24 Å². The fourth-order valence-electron chi connectivity index (χ4n) is 2.05. The molecule has 5 nitrogen and oxygen atoms in total. The molecule has 1 fully saturated rings. The Morgan fingerprint density at radius 1 is 1.23 bits per heavy atom. The van der Waals surface area contributed by atoms with Gasteiger partial charge in [0.25, 0.3) is 0 Å². The van der Waals surface area contributed by atoms with E-state index in [0.717, 1.165) is 22.7 Å². The molecule has 2 aromatic rings. The molecule has 3 rings (SSSR count). The van der Waals surface area contributed by atoms with Crippen LogP contribution in [0.15, 0.2) is 22.9 Å². The number of amides is 1. The van der Waals surface area contributed by atoms with Crippen molar-refractivity contribution < 1.29 is 4.79 Å². The Morgan fingerprint density at radius 3 is 2.59 bits per heavy atom. The van der Waals surface area contributed by atoms with Crippen molar-refractivity contribution in [1.82, 2.24) is 9.97 Å². The van der Waals surface area contributed by atoms with Crippen LogP contribution in [0.3, 0.4) is 0 Å². The SMILES string of the molecule is [B]C([B])([B])Nc1ncc(Br)c2cc(NC(=O)C3CC3)ncc12. The van der Waals surface area contributed by atoms with E-state index in [0.29, 0.717) is 17.0 Å². The number of rotatable bonds is 4. The number of nitrogens with one attached hydrogen (secondary N) is 2. The lowest BCUT2D eigenvalue weighted by atomic mass is 9.49. The van der Waals surface area contributed by atoms with Crippen LogP contribution in [0.5, 0.6) is 0 Å². The molecule has 0 spiro atoms. The van der Waals surface area contributed by atoms with E-state index in [2.05, 4.69) is 36.5 Å². The third-order valence-electron chi connectivity index (χ3n) is 3.26. The molecular weight excluding hydrogens is 341 g/mol. The lowest BCUT2D eigenvalue weighted by molar-refractivity contribution is -0.117. The third kappa shape index (κ3) is 3.46. The standard InChI is InChI=1S/C13H10B3BrN4O/c14-13(15,16)21-11-8-4-18-10(20-12(22)6-1-2-6)3-7(8)9(17)5-19-11/h3-6H,1-2H2,(H,19,21)(H,18,20,22). The zero-order valence-corrected chi connectivity index (χ0v) is 13.2. The Hall–Kier alpha value is -1.50. The van der Waals surface area contributed by atoms with E-state index in [1.807, 2.05) is 0 Å². The second kappa shape index (κ2) is 5.61. The second-order valence-corrected chi connectivity index (χ2v) is 6.25. The summed E-state index contributed by atoms with van der Waals surface area (Å²) < 4.78 is 0.758. The summed E-state index contributed by atoms with van der Waals surface area (Å²) in [6.07, 6.45) is 5.06. The fourth-order valence-corrected chi connectivity index (χ4v) is 2.48.